The average molecular weight is 247 g/mol. The Morgan fingerprint density at radius 2 is 1.89 bits per heavy atom. The first-order chi connectivity index (χ1) is 8.50. The summed E-state index contributed by atoms with van der Waals surface area (Å²) in [6.07, 6.45) is 1.93. The second-order valence-corrected chi connectivity index (χ2v) is 4.97. The van der Waals surface area contributed by atoms with Crippen LogP contribution in [0.25, 0.3) is 0 Å². The summed E-state index contributed by atoms with van der Waals surface area (Å²) in [5.74, 6) is -0.920. The van der Waals surface area contributed by atoms with Gasteiger partial charge in [-0.25, -0.2) is 4.79 Å². The first-order valence-electron chi connectivity index (χ1n) is 6.17. The van der Waals surface area contributed by atoms with E-state index in [4.69, 9.17) is 0 Å². The Hall–Kier alpha value is -1.84. The van der Waals surface area contributed by atoms with Crippen LogP contribution in [0.4, 0.5) is 0 Å². The van der Waals surface area contributed by atoms with Gasteiger partial charge in [0.05, 0.1) is 5.56 Å². The molecule has 0 aromatic heterocycles. The van der Waals surface area contributed by atoms with Crippen molar-refractivity contribution in [1.29, 1.82) is 0 Å². The number of carbonyl (C=O) groups excluding carboxylic acids is 1. The Balaban J connectivity index is 2.43. The van der Waals surface area contributed by atoms with Gasteiger partial charge in [-0.15, -0.1) is 0 Å². The number of benzene rings is 1. The molecule has 0 radical (unpaired) electrons. The van der Waals surface area contributed by atoms with Crippen molar-refractivity contribution in [2.24, 2.45) is 0 Å². The van der Waals surface area contributed by atoms with Crippen LogP contribution >= 0.6 is 0 Å². The predicted octanol–water partition coefficient (Wildman–Crippen LogP) is 2.40. The number of hydrogen-bond donors (Lipinski definition) is 2. The van der Waals surface area contributed by atoms with Gasteiger partial charge in [0.15, 0.2) is 0 Å². The molecule has 1 aliphatic carbocycles. The van der Waals surface area contributed by atoms with Crippen molar-refractivity contribution in [3.8, 4) is 0 Å². The van der Waals surface area contributed by atoms with Gasteiger partial charge in [-0.2, -0.15) is 0 Å². The van der Waals surface area contributed by atoms with Crippen molar-refractivity contribution < 1.29 is 14.7 Å². The largest absolute Gasteiger partial charge is 0.478 e. The molecule has 1 amide bonds. The molecule has 4 nitrogen and oxygen atoms in total. The molecule has 1 saturated carbocycles. The van der Waals surface area contributed by atoms with Gasteiger partial charge in [0.25, 0.3) is 5.91 Å². The lowest BCUT2D eigenvalue weighted by Gasteiger charge is -2.13. The van der Waals surface area contributed by atoms with Gasteiger partial charge in [-0.1, -0.05) is 6.07 Å². The molecule has 0 bridgehead atoms. The highest BCUT2D eigenvalue weighted by Crippen LogP contribution is 2.43. The van der Waals surface area contributed by atoms with Crippen LogP contribution in [0.15, 0.2) is 18.2 Å². The highest BCUT2D eigenvalue weighted by molar-refractivity contribution is 6.00. The van der Waals surface area contributed by atoms with Gasteiger partial charge >= 0.3 is 5.97 Å². The van der Waals surface area contributed by atoms with E-state index < -0.39 is 5.97 Å². The smallest absolute Gasteiger partial charge is 0.335 e. The third-order valence-corrected chi connectivity index (χ3v) is 2.99. The summed E-state index contributed by atoms with van der Waals surface area (Å²) in [6, 6.07) is 4.95. The molecule has 4 heteroatoms. The molecule has 1 aliphatic rings. The maximum atomic E-state index is 12.1. The van der Waals surface area contributed by atoms with Gasteiger partial charge in [-0.3, -0.25) is 4.79 Å². The molecule has 96 valence electrons. The maximum absolute atomic E-state index is 12.1. The molecule has 0 heterocycles. The van der Waals surface area contributed by atoms with Crippen molar-refractivity contribution in [2.75, 3.05) is 0 Å². The van der Waals surface area contributed by atoms with Gasteiger partial charge in [0.2, 0.25) is 0 Å². The molecule has 0 atom stereocenters. The Bertz CT molecular complexity index is 490. The van der Waals surface area contributed by atoms with Crippen molar-refractivity contribution in [1.82, 2.24) is 5.32 Å². The minimum atomic E-state index is -0.962. The van der Waals surface area contributed by atoms with E-state index in [1.165, 1.54) is 0 Å². The summed E-state index contributed by atoms with van der Waals surface area (Å²) in [7, 11) is 0. The maximum Gasteiger partial charge on any atom is 0.335 e. The van der Waals surface area contributed by atoms with Gasteiger partial charge in [0.1, 0.15) is 0 Å². The predicted molar refractivity (Wildman–Crippen MR) is 68.0 cm³/mol. The number of carboxylic acid groups (broad SMARTS) is 1. The Labute approximate surface area is 106 Å². The third kappa shape index (κ3) is 2.53. The standard InChI is InChI=1S/C14H17NO3/c1-8(2)15-13(16)10-4-3-5-11(14(17)18)12(10)9-6-7-9/h3-5,8-9H,6-7H2,1-2H3,(H,15,16)(H,17,18). The lowest BCUT2D eigenvalue weighted by atomic mass is 9.96. The fourth-order valence-electron chi connectivity index (χ4n) is 2.10. The monoisotopic (exact) mass is 247 g/mol. The Kier molecular flexibility index (Phi) is 3.36. The van der Waals surface area contributed by atoms with E-state index in [1.807, 2.05) is 13.8 Å². The Morgan fingerprint density at radius 1 is 1.28 bits per heavy atom. The van der Waals surface area contributed by atoms with Crippen molar-refractivity contribution >= 4 is 11.9 Å². The lowest BCUT2D eigenvalue weighted by Crippen LogP contribution is -2.31. The fourth-order valence-corrected chi connectivity index (χ4v) is 2.10. The summed E-state index contributed by atoms with van der Waals surface area (Å²) >= 11 is 0. The van der Waals surface area contributed by atoms with Crippen LogP contribution in [0, 0.1) is 0 Å². The van der Waals surface area contributed by atoms with Crippen LogP contribution in [0.3, 0.4) is 0 Å². The zero-order valence-corrected chi connectivity index (χ0v) is 10.6. The number of hydrogen-bond acceptors (Lipinski definition) is 2. The quantitative estimate of drug-likeness (QED) is 0.858. The first kappa shape index (κ1) is 12.6. The average Bonchev–Trinajstić information content (AvgIpc) is 3.10. The summed E-state index contributed by atoms with van der Waals surface area (Å²) in [5, 5.41) is 12.0. The van der Waals surface area contributed by atoms with Crippen molar-refractivity contribution in [2.45, 2.75) is 38.6 Å². The Morgan fingerprint density at radius 3 is 2.39 bits per heavy atom. The normalized spacial score (nSPS) is 14.6. The third-order valence-electron chi connectivity index (χ3n) is 2.99. The molecule has 1 fully saturated rings. The molecule has 0 aliphatic heterocycles. The first-order valence-corrected chi connectivity index (χ1v) is 6.17. The molecule has 0 spiro atoms. The van der Waals surface area contributed by atoms with Crippen LogP contribution in [0.1, 0.15) is 58.9 Å². The molecular weight excluding hydrogens is 230 g/mol. The highest BCUT2D eigenvalue weighted by atomic mass is 16.4. The minimum Gasteiger partial charge on any atom is -0.478 e. The minimum absolute atomic E-state index is 0.0398. The second-order valence-electron chi connectivity index (χ2n) is 4.97. The molecular formula is C14H17NO3. The van der Waals surface area contributed by atoms with Crippen LogP contribution in [-0.2, 0) is 0 Å². The van der Waals surface area contributed by atoms with Gasteiger partial charge < -0.3 is 10.4 Å². The van der Waals surface area contributed by atoms with E-state index in [-0.39, 0.29) is 23.4 Å². The summed E-state index contributed by atoms with van der Waals surface area (Å²) in [4.78, 5) is 23.3. The SMILES string of the molecule is CC(C)NC(=O)c1cccc(C(=O)O)c1C1CC1. The van der Waals surface area contributed by atoms with E-state index in [2.05, 4.69) is 5.32 Å². The van der Waals surface area contributed by atoms with Crippen molar-refractivity contribution in [3.63, 3.8) is 0 Å². The second kappa shape index (κ2) is 4.80. The molecule has 18 heavy (non-hydrogen) atoms. The zero-order chi connectivity index (χ0) is 13.3. The van der Waals surface area contributed by atoms with E-state index in [9.17, 15) is 14.7 Å². The van der Waals surface area contributed by atoms with Crippen LogP contribution in [0.5, 0.6) is 0 Å². The number of aromatic carboxylic acids is 1. The number of rotatable bonds is 4. The summed E-state index contributed by atoms with van der Waals surface area (Å²) < 4.78 is 0. The van der Waals surface area contributed by atoms with E-state index >= 15 is 0 Å². The molecule has 2 rings (SSSR count). The molecule has 1 aromatic carbocycles. The topological polar surface area (TPSA) is 66.4 Å². The van der Waals surface area contributed by atoms with Crippen LogP contribution in [-0.4, -0.2) is 23.0 Å². The highest BCUT2D eigenvalue weighted by Gasteiger charge is 2.32. The molecule has 2 N–H and O–H groups in total. The number of carboxylic acids is 1. The van der Waals surface area contributed by atoms with E-state index in [0.29, 0.717) is 11.1 Å². The van der Waals surface area contributed by atoms with Gasteiger partial charge in [-0.05, 0) is 50.3 Å². The molecule has 0 saturated heterocycles. The summed E-state index contributed by atoms with van der Waals surface area (Å²) in [5.41, 5.74) is 1.46. The van der Waals surface area contributed by atoms with Crippen molar-refractivity contribution in [3.05, 3.63) is 34.9 Å². The summed E-state index contributed by atoms with van der Waals surface area (Å²) in [6.45, 7) is 3.77. The van der Waals surface area contributed by atoms with Crippen LogP contribution < -0.4 is 5.32 Å². The van der Waals surface area contributed by atoms with Crippen LogP contribution in [0.2, 0.25) is 0 Å². The molecule has 0 unspecified atom stereocenters. The number of nitrogens with one attached hydrogen (secondary N) is 1. The van der Waals surface area contributed by atoms with E-state index in [1.54, 1.807) is 18.2 Å². The van der Waals surface area contributed by atoms with E-state index in [0.717, 1.165) is 12.8 Å². The number of amides is 1. The lowest BCUT2D eigenvalue weighted by molar-refractivity contribution is 0.0695. The van der Waals surface area contributed by atoms with Gasteiger partial charge in [0, 0.05) is 11.6 Å². The zero-order valence-electron chi connectivity index (χ0n) is 10.6. The number of carbonyl (C=O) groups is 2. The fraction of sp³-hybridized carbons (Fsp3) is 0.429. The molecule has 1 aromatic rings.